The van der Waals surface area contributed by atoms with Gasteiger partial charge < -0.3 is 0 Å². The number of hydrogen-bond acceptors (Lipinski definition) is 3. The zero-order valence-corrected chi connectivity index (χ0v) is 15.5. The molecule has 0 N–H and O–H groups in total. The maximum atomic E-state index is 14.2. The number of hydrogen-bond donors (Lipinski definition) is 0. The summed E-state index contributed by atoms with van der Waals surface area (Å²) in [5.41, 5.74) is 3.77. The highest BCUT2D eigenvalue weighted by molar-refractivity contribution is 9.10. The van der Waals surface area contributed by atoms with Crippen LogP contribution < -0.4 is 0 Å². The maximum Gasteiger partial charge on any atom is 0.111 e. The van der Waals surface area contributed by atoms with Gasteiger partial charge in [0.25, 0.3) is 0 Å². The molecular formula is C20H16BrFN4. The standard InChI is InChI=1S/C20H16BrFN4/c21-20-10-5-9-17(24-20)19-12-18(16-8-3-4-11-23-16)25-26(19)13-14-6-1-2-7-15(14)22/h1,3-6,8-12H,2,7,13H2. The molecule has 26 heavy (non-hydrogen) atoms. The Morgan fingerprint density at radius 3 is 2.73 bits per heavy atom. The summed E-state index contributed by atoms with van der Waals surface area (Å²) in [7, 11) is 0. The molecule has 130 valence electrons. The van der Waals surface area contributed by atoms with Gasteiger partial charge in [-0.2, -0.15) is 5.10 Å². The summed E-state index contributed by atoms with van der Waals surface area (Å²) in [6.45, 7) is 0.360. The van der Waals surface area contributed by atoms with Crippen LogP contribution in [-0.4, -0.2) is 19.7 Å². The van der Waals surface area contributed by atoms with Gasteiger partial charge in [0.15, 0.2) is 0 Å². The quantitative estimate of drug-likeness (QED) is 0.544. The molecule has 1 aliphatic carbocycles. The summed E-state index contributed by atoms with van der Waals surface area (Å²) in [6, 6.07) is 13.4. The molecule has 0 spiro atoms. The van der Waals surface area contributed by atoms with E-state index < -0.39 is 0 Å². The molecule has 3 aromatic heterocycles. The lowest BCUT2D eigenvalue weighted by atomic mass is 10.1. The van der Waals surface area contributed by atoms with Crippen molar-refractivity contribution in [1.82, 2.24) is 19.7 Å². The highest BCUT2D eigenvalue weighted by atomic mass is 79.9. The third-order valence-electron chi connectivity index (χ3n) is 4.20. The van der Waals surface area contributed by atoms with Crippen LogP contribution in [0.1, 0.15) is 12.8 Å². The van der Waals surface area contributed by atoms with Crippen molar-refractivity contribution in [3.05, 3.63) is 76.8 Å². The van der Waals surface area contributed by atoms with Crippen LogP contribution >= 0.6 is 15.9 Å². The van der Waals surface area contributed by atoms with E-state index in [1.165, 1.54) is 0 Å². The van der Waals surface area contributed by atoms with Gasteiger partial charge in [-0.1, -0.05) is 24.3 Å². The van der Waals surface area contributed by atoms with Gasteiger partial charge in [0.1, 0.15) is 16.1 Å². The van der Waals surface area contributed by atoms with Gasteiger partial charge in [-0.25, -0.2) is 9.37 Å². The molecule has 0 atom stereocenters. The SMILES string of the molecule is FC1=C(Cn2nc(-c3ccccn3)cc2-c2cccc(Br)n2)C=CCC1. The molecule has 0 fully saturated rings. The first-order chi connectivity index (χ1) is 12.7. The molecular weight excluding hydrogens is 395 g/mol. The summed E-state index contributed by atoms with van der Waals surface area (Å²) < 4.78 is 16.7. The fourth-order valence-corrected chi connectivity index (χ4v) is 3.26. The number of rotatable bonds is 4. The van der Waals surface area contributed by atoms with Crippen molar-refractivity contribution < 1.29 is 4.39 Å². The Morgan fingerprint density at radius 1 is 1.08 bits per heavy atom. The van der Waals surface area contributed by atoms with E-state index in [4.69, 9.17) is 0 Å². The summed E-state index contributed by atoms with van der Waals surface area (Å²) >= 11 is 3.41. The molecule has 3 aromatic rings. The van der Waals surface area contributed by atoms with Crippen molar-refractivity contribution in [2.75, 3.05) is 0 Å². The summed E-state index contributed by atoms with van der Waals surface area (Å²) in [5, 5.41) is 4.68. The topological polar surface area (TPSA) is 43.6 Å². The largest absolute Gasteiger partial charge is 0.258 e. The molecule has 0 bridgehead atoms. The second-order valence-electron chi connectivity index (χ2n) is 6.00. The van der Waals surface area contributed by atoms with E-state index in [9.17, 15) is 4.39 Å². The van der Waals surface area contributed by atoms with Gasteiger partial charge in [0.2, 0.25) is 0 Å². The van der Waals surface area contributed by atoms with Gasteiger partial charge in [-0.05, 0) is 52.7 Å². The van der Waals surface area contributed by atoms with Crippen molar-refractivity contribution in [2.45, 2.75) is 19.4 Å². The van der Waals surface area contributed by atoms with E-state index in [1.807, 2.05) is 54.6 Å². The number of pyridine rings is 2. The molecule has 1 aliphatic rings. The normalized spacial score (nSPS) is 14.1. The van der Waals surface area contributed by atoms with Crippen molar-refractivity contribution in [3.63, 3.8) is 0 Å². The Hall–Kier alpha value is -2.60. The van der Waals surface area contributed by atoms with E-state index in [0.29, 0.717) is 18.5 Å². The van der Waals surface area contributed by atoms with Crippen molar-refractivity contribution >= 4 is 15.9 Å². The highest BCUT2D eigenvalue weighted by Crippen LogP contribution is 2.28. The van der Waals surface area contributed by atoms with Crippen LogP contribution in [0.5, 0.6) is 0 Å². The van der Waals surface area contributed by atoms with Crippen LogP contribution in [-0.2, 0) is 6.54 Å². The highest BCUT2D eigenvalue weighted by Gasteiger charge is 2.16. The first-order valence-electron chi connectivity index (χ1n) is 8.37. The maximum absolute atomic E-state index is 14.2. The third-order valence-corrected chi connectivity index (χ3v) is 4.64. The fourth-order valence-electron chi connectivity index (χ4n) is 2.92. The smallest absolute Gasteiger partial charge is 0.111 e. The van der Waals surface area contributed by atoms with Crippen LogP contribution in [0, 0.1) is 0 Å². The molecule has 0 amide bonds. The predicted molar refractivity (Wildman–Crippen MR) is 103 cm³/mol. The molecule has 3 heterocycles. The van der Waals surface area contributed by atoms with Crippen LogP contribution in [0.3, 0.4) is 0 Å². The lowest BCUT2D eigenvalue weighted by Gasteiger charge is -2.12. The third kappa shape index (κ3) is 3.51. The zero-order chi connectivity index (χ0) is 17.9. The molecule has 0 aromatic carbocycles. The van der Waals surface area contributed by atoms with E-state index in [0.717, 1.165) is 33.8 Å². The van der Waals surface area contributed by atoms with Gasteiger partial charge in [0.05, 0.1) is 23.6 Å². The van der Waals surface area contributed by atoms with Crippen molar-refractivity contribution in [2.24, 2.45) is 0 Å². The molecule has 0 saturated carbocycles. The van der Waals surface area contributed by atoms with E-state index in [1.54, 1.807) is 10.9 Å². The zero-order valence-electron chi connectivity index (χ0n) is 13.9. The number of allylic oxidation sites excluding steroid dienone is 4. The lowest BCUT2D eigenvalue weighted by molar-refractivity contribution is 0.557. The first kappa shape index (κ1) is 16.8. The average molecular weight is 411 g/mol. The van der Waals surface area contributed by atoms with Gasteiger partial charge in [-0.3, -0.25) is 9.67 Å². The summed E-state index contributed by atoms with van der Waals surface area (Å²) in [4.78, 5) is 8.90. The van der Waals surface area contributed by atoms with Crippen LogP contribution in [0.2, 0.25) is 0 Å². The lowest BCUT2D eigenvalue weighted by Crippen LogP contribution is -2.07. The number of nitrogens with zero attached hydrogens (tertiary/aromatic N) is 4. The van der Waals surface area contributed by atoms with Crippen molar-refractivity contribution in [3.8, 4) is 22.8 Å². The Balaban J connectivity index is 1.80. The molecule has 4 rings (SSSR count). The minimum absolute atomic E-state index is 0.0736. The second-order valence-corrected chi connectivity index (χ2v) is 6.82. The molecule has 4 nitrogen and oxygen atoms in total. The van der Waals surface area contributed by atoms with Crippen molar-refractivity contribution in [1.29, 1.82) is 0 Å². The number of aromatic nitrogens is 4. The molecule has 0 unspecified atom stereocenters. The van der Waals surface area contributed by atoms with E-state index in [-0.39, 0.29) is 5.83 Å². The molecule has 0 aliphatic heterocycles. The second kappa shape index (κ2) is 7.33. The van der Waals surface area contributed by atoms with Gasteiger partial charge in [0, 0.05) is 18.2 Å². The Bertz CT molecular complexity index is 992. The average Bonchev–Trinajstić information content (AvgIpc) is 3.08. The predicted octanol–water partition coefficient (Wildman–Crippen LogP) is 5.34. The summed E-state index contributed by atoms with van der Waals surface area (Å²) in [6.07, 6.45) is 6.77. The molecule has 6 heteroatoms. The monoisotopic (exact) mass is 410 g/mol. The van der Waals surface area contributed by atoms with E-state index in [2.05, 4.69) is 31.0 Å². The Kier molecular flexibility index (Phi) is 4.75. The van der Waals surface area contributed by atoms with Gasteiger partial charge in [-0.15, -0.1) is 0 Å². The minimum Gasteiger partial charge on any atom is -0.258 e. The van der Waals surface area contributed by atoms with Crippen LogP contribution in [0.4, 0.5) is 4.39 Å². The molecule has 0 saturated heterocycles. The first-order valence-corrected chi connectivity index (χ1v) is 9.16. The molecule has 0 radical (unpaired) electrons. The minimum atomic E-state index is -0.0736. The van der Waals surface area contributed by atoms with E-state index >= 15 is 0 Å². The fraction of sp³-hybridized carbons (Fsp3) is 0.150. The van der Waals surface area contributed by atoms with Gasteiger partial charge >= 0.3 is 0 Å². The van der Waals surface area contributed by atoms with Crippen LogP contribution in [0.25, 0.3) is 22.8 Å². The Morgan fingerprint density at radius 2 is 1.96 bits per heavy atom. The Labute approximate surface area is 159 Å². The summed E-state index contributed by atoms with van der Waals surface area (Å²) in [5.74, 6) is -0.0736. The number of halogens is 2. The van der Waals surface area contributed by atoms with Crippen LogP contribution in [0.15, 0.2) is 76.8 Å².